The van der Waals surface area contributed by atoms with Gasteiger partial charge in [-0.2, -0.15) is 0 Å². The maximum atomic E-state index is 12.5. The molecule has 0 spiro atoms. The van der Waals surface area contributed by atoms with Crippen molar-refractivity contribution in [3.05, 3.63) is 0 Å². The lowest BCUT2D eigenvalue weighted by Crippen LogP contribution is -2.18. The number of ether oxygens (including phenoxy) is 1. The summed E-state index contributed by atoms with van der Waals surface area (Å²) >= 11 is 0. The standard InChI is InChI=1S/C41H80O4/c1-3-5-7-8-9-10-11-12-13-14-15-16-17-18-19-20-21-25-28-31-34-38-41(44)45-39(35-6-4-2)36-32-29-26-23-22-24-27-30-33-37-40(42)43/h39H,3-38H2,1-2H3,(H,42,43). The van der Waals surface area contributed by atoms with Gasteiger partial charge in [0.15, 0.2) is 0 Å². The zero-order valence-electron chi connectivity index (χ0n) is 30.7. The highest BCUT2D eigenvalue weighted by Crippen LogP contribution is 2.18. The summed E-state index contributed by atoms with van der Waals surface area (Å²) in [6, 6.07) is 0. The van der Waals surface area contributed by atoms with Crippen LogP contribution in [0.15, 0.2) is 0 Å². The lowest BCUT2D eigenvalue weighted by atomic mass is 10.0. The molecule has 0 radical (unpaired) electrons. The van der Waals surface area contributed by atoms with Crippen molar-refractivity contribution in [3.8, 4) is 0 Å². The minimum absolute atomic E-state index is 0.0248. The van der Waals surface area contributed by atoms with Crippen molar-refractivity contribution in [1.82, 2.24) is 0 Å². The number of carboxylic acids is 1. The molecule has 0 aromatic carbocycles. The molecule has 0 aromatic rings. The monoisotopic (exact) mass is 637 g/mol. The van der Waals surface area contributed by atoms with Gasteiger partial charge in [0.2, 0.25) is 0 Å². The zero-order valence-corrected chi connectivity index (χ0v) is 30.7. The molecule has 45 heavy (non-hydrogen) atoms. The molecule has 0 saturated carbocycles. The fraction of sp³-hybridized carbons (Fsp3) is 0.951. The Hall–Kier alpha value is -1.06. The van der Waals surface area contributed by atoms with Crippen molar-refractivity contribution in [2.75, 3.05) is 0 Å². The molecule has 0 saturated heterocycles. The number of esters is 1. The lowest BCUT2D eigenvalue weighted by Gasteiger charge is -2.18. The SMILES string of the molecule is CCCCCCCCCCCCCCCCCCCCCCCC(=O)OC(CCCC)CCCCCCCCCCCC(=O)O. The molecule has 0 aliphatic carbocycles. The van der Waals surface area contributed by atoms with Gasteiger partial charge in [-0.05, 0) is 32.1 Å². The van der Waals surface area contributed by atoms with E-state index in [2.05, 4.69) is 13.8 Å². The van der Waals surface area contributed by atoms with Gasteiger partial charge in [-0.25, -0.2) is 0 Å². The average Bonchev–Trinajstić information content (AvgIpc) is 3.02. The fourth-order valence-electron chi connectivity index (χ4n) is 6.53. The van der Waals surface area contributed by atoms with Gasteiger partial charge in [-0.15, -0.1) is 0 Å². The molecule has 0 aliphatic heterocycles. The predicted octanol–water partition coefficient (Wildman–Crippen LogP) is 14.1. The first-order valence-corrected chi connectivity index (χ1v) is 20.5. The molecule has 0 amide bonds. The lowest BCUT2D eigenvalue weighted by molar-refractivity contribution is -0.150. The Morgan fingerprint density at radius 3 is 1.04 bits per heavy atom. The number of carboxylic acid groups (broad SMARTS) is 1. The molecule has 0 aliphatic rings. The molecule has 0 heterocycles. The van der Waals surface area contributed by atoms with Gasteiger partial charge in [-0.1, -0.05) is 200 Å². The molecule has 268 valence electrons. The third-order valence-electron chi connectivity index (χ3n) is 9.58. The van der Waals surface area contributed by atoms with Gasteiger partial charge >= 0.3 is 11.9 Å². The summed E-state index contributed by atoms with van der Waals surface area (Å²) in [7, 11) is 0. The van der Waals surface area contributed by atoms with Crippen molar-refractivity contribution in [2.24, 2.45) is 0 Å². The fourth-order valence-corrected chi connectivity index (χ4v) is 6.53. The van der Waals surface area contributed by atoms with Crippen molar-refractivity contribution in [3.63, 3.8) is 0 Å². The Morgan fingerprint density at radius 1 is 0.400 bits per heavy atom. The maximum Gasteiger partial charge on any atom is 0.306 e. The number of carbonyl (C=O) groups excluding carboxylic acids is 1. The maximum absolute atomic E-state index is 12.5. The van der Waals surface area contributed by atoms with E-state index < -0.39 is 5.97 Å². The third kappa shape index (κ3) is 37.3. The first-order valence-electron chi connectivity index (χ1n) is 20.5. The molecule has 1 unspecified atom stereocenters. The van der Waals surface area contributed by atoms with Crippen LogP contribution in [-0.4, -0.2) is 23.1 Å². The topological polar surface area (TPSA) is 63.6 Å². The van der Waals surface area contributed by atoms with Gasteiger partial charge in [0.25, 0.3) is 0 Å². The quantitative estimate of drug-likeness (QED) is 0.0541. The van der Waals surface area contributed by atoms with Crippen LogP contribution in [0, 0.1) is 0 Å². The molecule has 4 heteroatoms. The molecule has 0 aromatic heterocycles. The van der Waals surface area contributed by atoms with E-state index in [1.165, 1.54) is 154 Å². The van der Waals surface area contributed by atoms with Crippen LogP contribution in [0.25, 0.3) is 0 Å². The normalized spacial score (nSPS) is 12.0. The Balaban J connectivity index is 3.52. The first-order chi connectivity index (χ1) is 22.1. The van der Waals surface area contributed by atoms with E-state index in [1.54, 1.807) is 0 Å². The van der Waals surface area contributed by atoms with Crippen LogP contribution in [-0.2, 0) is 14.3 Å². The van der Waals surface area contributed by atoms with Crippen molar-refractivity contribution >= 4 is 11.9 Å². The van der Waals surface area contributed by atoms with Crippen LogP contribution in [0.4, 0.5) is 0 Å². The highest BCUT2D eigenvalue weighted by atomic mass is 16.5. The molecule has 1 atom stereocenters. The number of hydrogen-bond donors (Lipinski definition) is 1. The molecular formula is C41H80O4. The summed E-state index contributed by atoms with van der Waals surface area (Å²) in [6.07, 6.45) is 44.7. The van der Waals surface area contributed by atoms with Crippen LogP contribution in [0.5, 0.6) is 0 Å². The second kappa shape index (κ2) is 37.4. The number of carbonyl (C=O) groups is 2. The number of hydrogen-bond acceptors (Lipinski definition) is 3. The van der Waals surface area contributed by atoms with E-state index in [1.807, 2.05) is 0 Å². The molecule has 0 fully saturated rings. The van der Waals surface area contributed by atoms with E-state index in [4.69, 9.17) is 9.84 Å². The highest BCUT2D eigenvalue weighted by molar-refractivity contribution is 5.69. The second-order valence-corrected chi connectivity index (χ2v) is 14.2. The van der Waals surface area contributed by atoms with Crippen molar-refractivity contribution in [2.45, 2.75) is 251 Å². The van der Waals surface area contributed by atoms with Gasteiger partial charge in [-0.3, -0.25) is 9.59 Å². The predicted molar refractivity (Wildman–Crippen MR) is 195 cm³/mol. The first kappa shape index (κ1) is 43.9. The Bertz CT molecular complexity index is 604. The third-order valence-corrected chi connectivity index (χ3v) is 9.58. The van der Waals surface area contributed by atoms with E-state index in [0.717, 1.165) is 64.2 Å². The summed E-state index contributed by atoms with van der Waals surface area (Å²) in [6.45, 7) is 4.50. The van der Waals surface area contributed by atoms with E-state index >= 15 is 0 Å². The van der Waals surface area contributed by atoms with E-state index in [0.29, 0.717) is 12.8 Å². The van der Waals surface area contributed by atoms with Crippen LogP contribution < -0.4 is 0 Å². The average molecular weight is 637 g/mol. The largest absolute Gasteiger partial charge is 0.481 e. The van der Waals surface area contributed by atoms with Crippen LogP contribution in [0.2, 0.25) is 0 Å². The number of rotatable bonds is 38. The van der Waals surface area contributed by atoms with Gasteiger partial charge in [0.1, 0.15) is 6.10 Å². The second-order valence-electron chi connectivity index (χ2n) is 14.2. The molecule has 4 nitrogen and oxygen atoms in total. The van der Waals surface area contributed by atoms with Crippen molar-refractivity contribution < 1.29 is 19.4 Å². The smallest absolute Gasteiger partial charge is 0.306 e. The summed E-state index contributed by atoms with van der Waals surface area (Å²) in [5, 5.41) is 8.69. The van der Waals surface area contributed by atoms with Crippen LogP contribution in [0.3, 0.4) is 0 Å². The van der Waals surface area contributed by atoms with E-state index in [9.17, 15) is 9.59 Å². The number of aliphatic carboxylic acids is 1. The highest BCUT2D eigenvalue weighted by Gasteiger charge is 2.14. The van der Waals surface area contributed by atoms with Gasteiger partial charge < -0.3 is 9.84 Å². The Kier molecular flexibility index (Phi) is 36.5. The summed E-state index contributed by atoms with van der Waals surface area (Å²) < 4.78 is 5.92. The minimum atomic E-state index is -0.677. The minimum Gasteiger partial charge on any atom is -0.481 e. The molecular weight excluding hydrogens is 556 g/mol. The molecule has 0 bridgehead atoms. The summed E-state index contributed by atoms with van der Waals surface area (Å²) in [5.41, 5.74) is 0. The van der Waals surface area contributed by atoms with Gasteiger partial charge in [0, 0.05) is 12.8 Å². The number of unbranched alkanes of at least 4 members (excludes halogenated alkanes) is 29. The van der Waals surface area contributed by atoms with Gasteiger partial charge in [0.05, 0.1) is 0 Å². The Morgan fingerprint density at radius 2 is 0.689 bits per heavy atom. The van der Waals surface area contributed by atoms with E-state index in [-0.39, 0.29) is 12.1 Å². The molecule has 1 N–H and O–H groups in total. The van der Waals surface area contributed by atoms with Crippen LogP contribution in [0.1, 0.15) is 245 Å². The van der Waals surface area contributed by atoms with Crippen molar-refractivity contribution in [1.29, 1.82) is 0 Å². The Labute approximate surface area is 282 Å². The van der Waals surface area contributed by atoms with Crippen LogP contribution >= 0.6 is 0 Å². The summed E-state index contributed by atoms with van der Waals surface area (Å²) in [5.74, 6) is -0.652. The zero-order chi connectivity index (χ0) is 32.9. The summed E-state index contributed by atoms with van der Waals surface area (Å²) in [4.78, 5) is 23.0. The molecule has 0 rings (SSSR count).